The van der Waals surface area contributed by atoms with Crippen molar-refractivity contribution in [2.24, 2.45) is 5.92 Å². The van der Waals surface area contributed by atoms with Gasteiger partial charge in [-0.25, -0.2) is 4.39 Å². The van der Waals surface area contributed by atoms with Crippen molar-refractivity contribution in [2.75, 3.05) is 0 Å². The minimum Gasteiger partial charge on any atom is -0.207 e. The second-order valence-electron chi connectivity index (χ2n) is 7.28. The summed E-state index contributed by atoms with van der Waals surface area (Å²) in [6.07, 6.45) is 7.28. The zero-order chi connectivity index (χ0) is 16.2. The highest BCUT2D eigenvalue weighted by atomic mass is 19.1. The van der Waals surface area contributed by atoms with E-state index < -0.39 is 0 Å². The molecule has 0 aliphatic heterocycles. The zero-order valence-electron chi connectivity index (χ0n) is 14.3. The maximum absolute atomic E-state index is 13.6. The third-order valence-electron chi connectivity index (χ3n) is 5.41. The summed E-state index contributed by atoms with van der Waals surface area (Å²) in [4.78, 5) is 0. The number of halogens is 1. The maximum Gasteiger partial charge on any atom is 0.126 e. The summed E-state index contributed by atoms with van der Waals surface area (Å²) < 4.78 is 13.6. The molecule has 1 heteroatoms. The molecule has 0 unspecified atom stereocenters. The molecule has 122 valence electrons. The Morgan fingerprint density at radius 3 is 2.13 bits per heavy atom. The fraction of sp³-hybridized carbons (Fsp3) is 0.455. The minimum absolute atomic E-state index is 0.0932. The summed E-state index contributed by atoms with van der Waals surface area (Å²) in [7, 11) is 0. The summed E-state index contributed by atoms with van der Waals surface area (Å²) in [5.74, 6) is 1.57. The van der Waals surface area contributed by atoms with E-state index in [2.05, 4.69) is 31.2 Å². The normalized spacial score (nSPS) is 21.3. The third kappa shape index (κ3) is 4.22. The van der Waals surface area contributed by atoms with Crippen molar-refractivity contribution in [3.63, 3.8) is 0 Å². The van der Waals surface area contributed by atoms with Crippen LogP contribution in [0.25, 0.3) is 0 Å². The fourth-order valence-electron chi connectivity index (χ4n) is 3.63. The van der Waals surface area contributed by atoms with Crippen LogP contribution >= 0.6 is 0 Å². The number of aryl methyl sites for hydroxylation is 3. The van der Waals surface area contributed by atoms with Gasteiger partial charge in [-0.3, -0.25) is 0 Å². The quantitative estimate of drug-likeness (QED) is 0.629. The van der Waals surface area contributed by atoms with Crippen LogP contribution < -0.4 is 0 Å². The monoisotopic (exact) mass is 310 g/mol. The first-order valence-electron chi connectivity index (χ1n) is 8.95. The lowest BCUT2D eigenvalue weighted by molar-refractivity contribution is 0.348. The lowest BCUT2D eigenvalue weighted by Gasteiger charge is -2.26. The van der Waals surface area contributed by atoms with Crippen molar-refractivity contribution in [3.05, 3.63) is 70.5 Å². The van der Waals surface area contributed by atoms with Gasteiger partial charge < -0.3 is 0 Å². The van der Waals surface area contributed by atoms with Crippen molar-refractivity contribution in [1.29, 1.82) is 0 Å². The van der Waals surface area contributed by atoms with Gasteiger partial charge in [0.05, 0.1) is 0 Å². The summed E-state index contributed by atoms with van der Waals surface area (Å²) in [6, 6.07) is 14.7. The lowest BCUT2D eigenvalue weighted by Crippen LogP contribution is -2.10. The van der Waals surface area contributed by atoms with Gasteiger partial charge in [0.15, 0.2) is 0 Å². The van der Waals surface area contributed by atoms with Crippen molar-refractivity contribution < 1.29 is 4.39 Å². The van der Waals surface area contributed by atoms with E-state index >= 15 is 0 Å². The van der Waals surface area contributed by atoms with Gasteiger partial charge in [0.1, 0.15) is 5.82 Å². The highest BCUT2D eigenvalue weighted by molar-refractivity contribution is 5.28. The Bertz CT molecular complexity index is 634. The number of rotatable bonds is 4. The molecule has 0 spiro atoms. The molecule has 0 N–H and O–H groups in total. The first kappa shape index (κ1) is 16.2. The predicted molar refractivity (Wildman–Crippen MR) is 95.4 cm³/mol. The molecule has 0 bridgehead atoms. The molecule has 0 atom stereocenters. The van der Waals surface area contributed by atoms with E-state index in [4.69, 9.17) is 0 Å². The molecular weight excluding hydrogens is 283 g/mol. The highest BCUT2D eigenvalue weighted by Gasteiger charge is 2.19. The molecule has 0 radical (unpaired) electrons. The van der Waals surface area contributed by atoms with Gasteiger partial charge in [-0.15, -0.1) is 0 Å². The van der Waals surface area contributed by atoms with Gasteiger partial charge in [0.2, 0.25) is 0 Å². The van der Waals surface area contributed by atoms with Gasteiger partial charge in [-0.1, -0.05) is 56.2 Å². The molecule has 3 rings (SSSR count). The van der Waals surface area contributed by atoms with E-state index in [0.717, 1.165) is 35.8 Å². The van der Waals surface area contributed by atoms with E-state index in [-0.39, 0.29) is 5.82 Å². The van der Waals surface area contributed by atoms with Crippen LogP contribution in [-0.4, -0.2) is 0 Å². The average Bonchev–Trinajstić information content (AvgIpc) is 2.57. The van der Waals surface area contributed by atoms with Gasteiger partial charge in [-0.2, -0.15) is 0 Å². The first-order valence-corrected chi connectivity index (χ1v) is 8.95. The van der Waals surface area contributed by atoms with Gasteiger partial charge in [-0.05, 0) is 72.8 Å². The predicted octanol–water partition coefficient (Wildman–Crippen LogP) is 6.21. The molecule has 2 aromatic rings. The van der Waals surface area contributed by atoms with Crippen molar-refractivity contribution in [3.8, 4) is 0 Å². The van der Waals surface area contributed by atoms with E-state index in [1.165, 1.54) is 36.8 Å². The number of benzene rings is 2. The zero-order valence-corrected chi connectivity index (χ0v) is 14.3. The summed E-state index contributed by atoms with van der Waals surface area (Å²) in [6.45, 7) is 4.18. The molecular formula is C22H27F. The first-order chi connectivity index (χ1) is 11.1. The van der Waals surface area contributed by atoms with Crippen LogP contribution in [-0.2, 0) is 12.8 Å². The fourth-order valence-corrected chi connectivity index (χ4v) is 3.63. The largest absolute Gasteiger partial charge is 0.207 e. The molecule has 2 aromatic carbocycles. The van der Waals surface area contributed by atoms with Gasteiger partial charge in [0, 0.05) is 0 Å². The Balaban J connectivity index is 1.58. The Hall–Kier alpha value is -1.63. The molecule has 1 fully saturated rings. The standard InChI is InChI=1S/C22H27F/c1-16-3-11-20(12-4-16)21-13-9-18(10-14-21)7-8-19-6-5-17(2)22(23)15-19/h5-6,9-10,13-16,20H,3-4,7-8,11-12H2,1-2H3. The highest BCUT2D eigenvalue weighted by Crippen LogP contribution is 2.35. The Morgan fingerprint density at radius 1 is 0.870 bits per heavy atom. The average molecular weight is 310 g/mol. The SMILES string of the molecule is Cc1ccc(CCc2ccc(C3CCC(C)CC3)cc2)cc1F. The van der Waals surface area contributed by atoms with Gasteiger partial charge >= 0.3 is 0 Å². The maximum atomic E-state index is 13.6. The topological polar surface area (TPSA) is 0 Å². The second-order valence-corrected chi connectivity index (χ2v) is 7.28. The number of hydrogen-bond donors (Lipinski definition) is 0. The summed E-state index contributed by atoms with van der Waals surface area (Å²) in [5, 5.41) is 0. The Kier molecular flexibility index (Phi) is 5.15. The van der Waals surface area contributed by atoms with Crippen LogP contribution in [0.4, 0.5) is 4.39 Å². The molecule has 0 nitrogen and oxygen atoms in total. The second kappa shape index (κ2) is 7.29. The van der Waals surface area contributed by atoms with Crippen LogP contribution in [0.3, 0.4) is 0 Å². The molecule has 0 heterocycles. The molecule has 0 amide bonds. The molecule has 0 aromatic heterocycles. The smallest absolute Gasteiger partial charge is 0.126 e. The van der Waals surface area contributed by atoms with E-state index in [1.54, 1.807) is 6.07 Å². The Labute approximate surface area is 139 Å². The molecule has 0 saturated heterocycles. The van der Waals surface area contributed by atoms with E-state index in [9.17, 15) is 4.39 Å². The molecule has 1 aliphatic carbocycles. The lowest BCUT2D eigenvalue weighted by atomic mass is 9.79. The summed E-state index contributed by atoms with van der Waals surface area (Å²) >= 11 is 0. The van der Waals surface area contributed by atoms with E-state index in [0.29, 0.717) is 0 Å². The van der Waals surface area contributed by atoms with Crippen LogP contribution in [0.1, 0.15) is 60.8 Å². The number of hydrogen-bond acceptors (Lipinski definition) is 0. The van der Waals surface area contributed by atoms with Crippen LogP contribution in [0.5, 0.6) is 0 Å². The van der Waals surface area contributed by atoms with Gasteiger partial charge in [0.25, 0.3) is 0 Å². The van der Waals surface area contributed by atoms with E-state index in [1.807, 2.05) is 19.1 Å². The third-order valence-corrected chi connectivity index (χ3v) is 5.41. The van der Waals surface area contributed by atoms with Crippen LogP contribution in [0.15, 0.2) is 42.5 Å². The van der Waals surface area contributed by atoms with Crippen molar-refractivity contribution in [1.82, 2.24) is 0 Å². The minimum atomic E-state index is -0.0932. The van der Waals surface area contributed by atoms with Crippen LogP contribution in [0, 0.1) is 18.7 Å². The molecule has 1 aliphatic rings. The van der Waals surface area contributed by atoms with Crippen molar-refractivity contribution >= 4 is 0 Å². The summed E-state index contributed by atoms with van der Waals surface area (Å²) in [5.41, 5.74) is 4.65. The molecule has 1 saturated carbocycles. The van der Waals surface area contributed by atoms with Crippen molar-refractivity contribution in [2.45, 2.75) is 58.3 Å². The van der Waals surface area contributed by atoms with Crippen LogP contribution in [0.2, 0.25) is 0 Å². The Morgan fingerprint density at radius 2 is 1.48 bits per heavy atom. The molecule has 23 heavy (non-hydrogen) atoms.